The monoisotopic (exact) mass is 232 g/mol. The summed E-state index contributed by atoms with van der Waals surface area (Å²) < 4.78 is 0. The highest BCUT2D eigenvalue weighted by Crippen LogP contribution is 2.08. The van der Waals surface area contributed by atoms with Gasteiger partial charge in [-0.05, 0) is 17.0 Å². The number of rotatable bonds is 4. The molecule has 82 valence electrons. The zero-order valence-electron chi connectivity index (χ0n) is 8.67. The first-order chi connectivity index (χ1) is 7.86. The van der Waals surface area contributed by atoms with Gasteiger partial charge in [0.25, 0.3) is 0 Å². The number of nitrogens with zero attached hydrogens (tertiary/aromatic N) is 1. The van der Waals surface area contributed by atoms with Gasteiger partial charge in [-0.3, -0.25) is 0 Å². The molecule has 2 rings (SSSR count). The Bertz CT molecular complexity index is 451. The van der Waals surface area contributed by atoms with Gasteiger partial charge < -0.3 is 10.6 Å². The van der Waals surface area contributed by atoms with Crippen LogP contribution < -0.4 is 5.73 Å². The quantitative estimate of drug-likeness (QED) is 0.500. The summed E-state index contributed by atoms with van der Waals surface area (Å²) in [6, 6.07) is 13.7. The minimum Gasteiger partial charge on any atom is -0.389 e. The van der Waals surface area contributed by atoms with Crippen LogP contribution in [0.25, 0.3) is 0 Å². The average molecular weight is 232 g/mol. The summed E-state index contributed by atoms with van der Waals surface area (Å²) in [5.74, 6) is 0.422. The van der Waals surface area contributed by atoms with E-state index in [1.165, 1.54) is 0 Å². The zero-order valence-corrected chi connectivity index (χ0v) is 9.48. The van der Waals surface area contributed by atoms with E-state index in [0.717, 1.165) is 10.4 Å². The van der Waals surface area contributed by atoms with Crippen LogP contribution in [0.3, 0.4) is 0 Å². The number of thiophene rings is 1. The van der Waals surface area contributed by atoms with Crippen molar-refractivity contribution in [1.82, 2.24) is 0 Å². The zero-order chi connectivity index (χ0) is 11.2. The second-order valence-electron chi connectivity index (χ2n) is 3.21. The van der Waals surface area contributed by atoms with Crippen molar-refractivity contribution in [1.29, 1.82) is 0 Å². The second-order valence-corrected chi connectivity index (χ2v) is 4.16. The predicted octanol–water partition coefficient (Wildman–Crippen LogP) is 2.59. The van der Waals surface area contributed by atoms with Gasteiger partial charge in [0, 0.05) is 0 Å². The van der Waals surface area contributed by atoms with Gasteiger partial charge in [-0.2, -0.15) is 0 Å². The largest absolute Gasteiger partial charge is 0.389 e. The lowest BCUT2D eigenvalue weighted by molar-refractivity contribution is 0.130. The van der Waals surface area contributed by atoms with Gasteiger partial charge in [0.2, 0.25) is 0 Å². The molecule has 1 aromatic carbocycles. The molecular formula is C12H12N2OS. The third-order valence-electron chi connectivity index (χ3n) is 2.01. The molecule has 2 aromatic rings. The summed E-state index contributed by atoms with van der Waals surface area (Å²) in [6.45, 7) is 0.437. The van der Waals surface area contributed by atoms with Crippen LogP contribution in [-0.4, -0.2) is 5.84 Å². The lowest BCUT2D eigenvalue weighted by Crippen LogP contribution is -2.11. The molecule has 0 aliphatic heterocycles. The molecule has 0 fully saturated rings. The SMILES string of the molecule is N/C(=N\OCc1ccccc1)c1cccs1. The number of oxime groups is 1. The third-order valence-corrected chi connectivity index (χ3v) is 2.90. The van der Waals surface area contributed by atoms with Gasteiger partial charge in [-0.15, -0.1) is 11.3 Å². The first kappa shape index (κ1) is 10.7. The van der Waals surface area contributed by atoms with Crippen LogP contribution in [0.1, 0.15) is 10.4 Å². The van der Waals surface area contributed by atoms with E-state index in [2.05, 4.69) is 5.16 Å². The Morgan fingerprint density at radius 2 is 2.00 bits per heavy atom. The van der Waals surface area contributed by atoms with E-state index in [-0.39, 0.29) is 0 Å². The Morgan fingerprint density at radius 3 is 2.69 bits per heavy atom. The maximum atomic E-state index is 5.74. The summed E-state index contributed by atoms with van der Waals surface area (Å²) in [6.07, 6.45) is 0. The molecule has 0 bridgehead atoms. The van der Waals surface area contributed by atoms with Gasteiger partial charge in [0.05, 0.1) is 4.88 Å². The molecule has 16 heavy (non-hydrogen) atoms. The highest BCUT2D eigenvalue weighted by atomic mass is 32.1. The molecule has 0 amide bonds. The van der Waals surface area contributed by atoms with E-state index < -0.39 is 0 Å². The van der Waals surface area contributed by atoms with Gasteiger partial charge in [-0.25, -0.2) is 0 Å². The third kappa shape index (κ3) is 2.84. The predicted molar refractivity (Wildman–Crippen MR) is 66.3 cm³/mol. The van der Waals surface area contributed by atoms with Crippen molar-refractivity contribution >= 4 is 17.2 Å². The molecule has 1 aromatic heterocycles. The van der Waals surface area contributed by atoms with Crippen LogP contribution in [0, 0.1) is 0 Å². The van der Waals surface area contributed by atoms with Gasteiger partial charge in [0.15, 0.2) is 5.84 Å². The van der Waals surface area contributed by atoms with E-state index in [9.17, 15) is 0 Å². The number of benzene rings is 1. The highest BCUT2D eigenvalue weighted by molar-refractivity contribution is 7.12. The fraction of sp³-hybridized carbons (Fsp3) is 0.0833. The topological polar surface area (TPSA) is 47.6 Å². The summed E-state index contributed by atoms with van der Waals surface area (Å²) in [5.41, 5.74) is 6.81. The summed E-state index contributed by atoms with van der Waals surface area (Å²) in [7, 11) is 0. The summed E-state index contributed by atoms with van der Waals surface area (Å²) in [5, 5.41) is 5.82. The summed E-state index contributed by atoms with van der Waals surface area (Å²) >= 11 is 1.54. The minimum absolute atomic E-state index is 0.422. The molecule has 0 spiro atoms. The van der Waals surface area contributed by atoms with E-state index in [1.54, 1.807) is 11.3 Å². The number of nitrogens with two attached hydrogens (primary N) is 1. The first-order valence-corrected chi connectivity index (χ1v) is 5.77. The average Bonchev–Trinajstić information content (AvgIpc) is 2.84. The van der Waals surface area contributed by atoms with Crippen LogP contribution in [0.2, 0.25) is 0 Å². The molecule has 0 aliphatic rings. The van der Waals surface area contributed by atoms with E-state index >= 15 is 0 Å². The maximum Gasteiger partial charge on any atom is 0.180 e. The van der Waals surface area contributed by atoms with Crippen molar-refractivity contribution in [3.63, 3.8) is 0 Å². The number of hydrogen-bond donors (Lipinski definition) is 1. The molecule has 3 nitrogen and oxygen atoms in total. The molecule has 1 heterocycles. The Balaban J connectivity index is 1.90. The van der Waals surface area contributed by atoms with Gasteiger partial charge in [0.1, 0.15) is 6.61 Å². The van der Waals surface area contributed by atoms with Gasteiger partial charge in [-0.1, -0.05) is 41.6 Å². The van der Waals surface area contributed by atoms with Crippen molar-refractivity contribution in [2.45, 2.75) is 6.61 Å². The molecule has 0 saturated carbocycles. The van der Waals surface area contributed by atoms with Crippen LogP contribution in [0.4, 0.5) is 0 Å². The number of hydrogen-bond acceptors (Lipinski definition) is 3. The molecule has 2 N–H and O–H groups in total. The van der Waals surface area contributed by atoms with Crippen LogP contribution >= 0.6 is 11.3 Å². The molecule has 4 heteroatoms. The molecule has 0 unspecified atom stereocenters. The molecular weight excluding hydrogens is 220 g/mol. The standard InChI is InChI=1S/C12H12N2OS/c13-12(11-7-4-8-16-11)14-15-9-10-5-2-1-3-6-10/h1-8H,9H2,(H2,13,14). The smallest absolute Gasteiger partial charge is 0.180 e. The first-order valence-electron chi connectivity index (χ1n) is 4.89. The van der Waals surface area contributed by atoms with E-state index in [0.29, 0.717) is 12.4 Å². The van der Waals surface area contributed by atoms with Gasteiger partial charge >= 0.3 is 0 Å². The van der Waals surface area contributed by atoms with Crippen LogP contribution in [0.5, 0.6) is 0 Å². The van der Waals surface area contributed by atoms with Crippen LogP contribution in [-0.2, 0) is 11.4 Å². The molecule has 0 saturated heterocycles. The fourth-order valence-electron chi connectivity index (χ4n) is 1.22. The second kappa shape index (κ2) is 5.32. The van der Waals surface area contributed by atoms with Crippen molar-refractivity contribution < 1.29 is 4.84 Å². The normalized spacial score (nSPS) is 11.4. The summed E-state index contributed by atoms with van der Waals surface area (Å²) in [4.78, 5) is 6.10. The van der Waals surface area contributed by atoms with Crippen molar-refractivity contribution in [2.75, 3.05) is 0 Å². The number of amidine groups is 1. The maximum absolute atomic E-state index is 5.74. The van der Waals surface area contributed by atoms with Crippen molar-refractivity contribution in [2.24, 2.45) is 10.9 Å². The highest BCUT2D eigenvalue weighted by Gasteiger charge is 1.99. The lowest BCUT2D eigenvalue weighted by atomic mass is 10.2. The fourth-order valence-corrected chi connectivity index (χ4v) is 1.84. The Kier molecular flexibility index (Phi) is 3.56. The van der Waals surface area contributed by atoms with E-state index in [4.69, 9.17) is 10.6 Å². The minimum atomic E-state index is 0.422. The molecule has 0 radical (unpaired) electrons. The van der Waals surface area contributed by atoms with Crippen molar-refractivity contribution in [3.8, 4) is 0 Å². The molecule has 0 aliphatic carbocycles. The van der Waals surface area contributed by atoms with E-state index in [1.807, 2.05) is 47.8 Å². The Morgan fingerprint density at radius 1 is 1.19 bits per heavy atom. The molecule has 0 atom stereocenters. The van der Waals surface area contributed by atoms with Crippen LogP contribution in [0.15, 0.2) is 53.0 Å². The lowest BCUT2D eigenvalue weighted by Gasteiger charge is -2.00. The Hall–Kier alpha value is -1.81. The Labute approximate surface area is 98.2 Å². The van der Waals surface area contributed by atoms with Crippen molar-refractivity contribution in [3.05, 3.63) is 58.3 Å².